The zero-order valence-corrected chi connectivity index (χ0v) is 11.7. The first-order chi connectivity index (χ1) is 8.63. The van der Waals surface area contributed by atoms with E-state index in [1.807, 2.05) is 0 Å². The molecule has 0 aromatic rings. The van der Waals surface area contributed by atoms with Gasteiger partial charge < -0.3 is 10.0 Å². The molecular weight excluding hydrogens is 226 g/mol. The molecular formula is C15H27NO2. The Morgan fingerprint density at radius 3 is 2.50 bits per heavy atom. The molecule has 2 fully saturated rings. The largest absolute Gasteiger partial charge is 0.481 e. The van der Waals surface area contributed by atoms with Crippen LogP contribution >= 0.6 is 0 Å². The van der Waals surface area contributed by atoms with E-state index in [-0.39, 0.29) is 0 Å². The average molecular weight is 253 g/mol. The third-order valence-corrected chi connectivity index (χ3v) is 4.85. The van der Waals surface area contributed by atoms with Gasteiger partial charge in [-0.25, -0.2) is 0 Å². The van der Waals surface area contributed by atoms with E-state index in [1.54, 1.807) is 0 Å². The highest BCUT2D eigenvalue weighted by atomic mass is 16.4. The van der Waals surface area contributed by atoms with Crippen molar-refractivity contribution in [3.63, 3.8) is 0 Å². The lowest BCUT2D eigenvalue weighted by molar-refractivity contribution is -0.137. The minimum atomic E-state index is -0.645. The van der Waals surface area contributed by atoms with Crippen LogP contribution in [0.25, 0.3) is 0 Å². The summed E-state index contributed by atoms with van der Waals surface area (Å²) in [7, 11) is 0. The number of nitrogens with zero attached hydrogens (tertiary/aromatic N) is 1. The van der Waals surface area contributed by atoms with Crippen molar-refractivity contribution in [3.05, 3.63) is 0 Å². The lowest BCUT2D eigenvalue weighted by Crippen LogP contribution is -2.59. The van der Waals surface area contributed by atoms with Crippen LogP contribution < -0.4 is 0 Å². The molecule has 1 unspecified atom stereocenters. The minimum Gasteiger partial charge on any atom is -0.481 e. The first-order valence-electron chi connectivity index (χ1n) is 7.58. The van der Waals surface area contributed by atoms with Gasteiger partial charge in [-0.2, -0.15) is 0 Å². The molecule has 1 aliphatic heterocycles. The Kier molecular flexibility index (Phi) is 4.66. The van der Waals surface area contributed by atoms with Crippen LogP contribution in [0, 0.1) is 11.3 Å². The third kappa shape index (κ3) is 3.47. The standard InChI is InChI=1S/C15H27NO2/c1-2-4-13(5-6-14(17)18)7-10-16-11-15(12-16)8-3-9-15/h13H,2-12H2,1H3,(H,17,18). The van der Waals surface area contributed by atoms with Crippen molar-refractivity contribution in [1.82, 2.24) is 4.90 Å². The quantitative estimate of drug-likeness (QED) is 0.722. The first kappa shape index (κ1) is 13.9. The molecule has 0 bridgehead atoms. The van der Waals surface area contributed by atoms with Gasteiger partial charge >= 0.3 is 5.97 Å². The number of carboxylic acids is 1. The van der Waals surface area contributed by atoms with E-state index in [0.29, 0.717) is 12.3 Å². The number of rotatable bonds is 8. The summed E-state index contributed by atoms with van der Waals surface area (Å²) in [6.07, 6.45) is 9.08. The zero-order chi connectivity index (χ0) is 13.0. The lowest BCUT2D eigenvalue weighted by atomic mass is 9.63. The molecule has 2 rings (SSSR count). The van der Waals surface area contributed by atoms with Crippen molar-refractivity contribution >= 4 is 5.97 Å². The number of carboxylic acid groups (broad SMARTS) is 1. The molecule has 1 spiro atoms. The molecule has 0 aromatic carbocycles. The van der Waals surface area contributed by atoms with Gasteiger partial charge in [0.2, 0.25) is 0 Å². The Hall–Kier alpha value is -0.570. The maximum Gasteiger partial charge on any atom is 0.303 e. The highest BCUT2D eigenvalue weighted by Crippen LogP contribution is 2.48. The fourth-order valence-electron chi connectivity index (χ4n) is 3.59. The van der Waals surface area contributed by atoms with Crippen LogP contribution in [0.2, 0.25) is 0 Å². The van der Waals surface area contributed by atoms with Gasteiger partial charge in [0.15, 0.2) is 0 Å². The van der Waals surface area contributed by atoms with Crippen molar-refractivity contribution in [2.24, 2.45) is 11.3 Å². The van der Waals surface area contributed by atoms with E-state index in [2.05, 4.69) is 11.8 Å². The van der Waals surface area contributed by atoms with Crippen molar-refractivity contribution in [3.8, 4) is 0 Å². The Bertz CT molecular complexity index is 278. The van der Waals surface area contributed by atoms with Crippen molar-refractivity contribution in [1.29, 1.82) is 0 Å². The molecule has 1 saturated heterocycles. The topological polar surface area (TPSA) is 40.5 Å². The van der Waals surface area contributed by atoms with Crippen LogP contribution in [-0.4, -0.2) is 35.6 Å². The molecule has 3 nitrogen and oxygen atoms in total. The van der Waals surface area contributed by atoms with E-state index in [0.717, 1.165) is 11.8 Å². The fraction of sp³-hybridized carbons (Fsp3) is 0.933. The molecule has 1 aliphatic carbocycles. The summed E-state index contributed by atoms with van der Waals surface area (Å²) in [5.74, 6) is -0.0301. The van der Waals surface area contributed by atoms with E-state index in [1.165, 1.54) is 58.2 Å². The van der Waals surface area contributed by atoms with Gasteiger partial charge in [-0.05, 0) is 43.6 Å². The highest BCUT2D eigenvalue weighted by molar-refractivity contribution is 5.66. The SMILES string of the molecule is CCCC(CCC(=O)O)CCN1CC2(CCC2)C1. The van der Waals surface area contributed by atoms with Crippen molar-refractivity contribution < 1.29 is 9.90 Å². The maximum atomic E-state index is 10.6. The van der Waals surface area contributed by atoms with E-state index in [4.69, 9.17) is 5.11 Å². The third-order valence-electron chi connectivity index (χ3n) is 4.85. The monoisotopic (exact) mass is 253 g/mol. The molecule has 1 N–H and O–H groups in total. The zero-order valence-electron chi connectivity index (χ0n) is 11.7. The predicted molar refractivity (Wildman–Crippen MR) is 72.6 cm³/mol. The van der Waals surface area contributed by atoms with Gasteiger partial charge in [0.05, 0.1) is 0 Å². The second kappa shape index (κ2) is 6.05. The molecule has 0 radical (unpaired) electrons. The number of carbonyl (C=O) groups is 1. The summed E-state index contributed by atoms with van der Waals surface area (Å²) in [6.45, 7) is 6.00. The predicted octanol–water partition coefficient (Wildman–Crippen LogP) is 3.14. The summed E-state index contributed by atoms with van der Waals surface area (Å²) >= 11 is 0. The molecule has 0 aromatic heterocycles. The van der Waals surface area contributed by atoms with Crippen LogP contribution in [0.3, 0.4) is 0 Å². The second-order valence-corrected chi connectivity index (χ2v) is 6.44. The summed E-state index contributed by atoms with van der Waals surface area (Å²) in [5.41, 5.74) is 0.724. The van der Waals surface area contributed by atoms with Crippen LogP contribution in [0.1, 0.15) is 58.3 Å². The molecule has 18 heavy (non-hydrogen) atoms. The normalized spacial score (nSPS) is 23.4. The molecule has 1 heterocycles. The van der Waals surface area contributed by atoms with Crippen LogP contribution in [0.15, 0.2) is 0 Å². The van der Waals surface area contributed by atoms with Gasteiger partial charge in [-0.1, -0.05) is 26.2 Å². The molecule has 3 heteroatoms. The Morgan fingerprint density at radius 1 is 1.28 bits per heavy atom. The molecule has 0 amide bonds. The van der Waals surface area contributed by atoms with E-state index < -0.39 is 5.97 Å². The van der Waals surface area contributed by atoms with Crippen molar-refractivity contribution in [2.75, 3.05) is 19.6 Å². The number of hydrogen-bond donors (Lipinski definition) is 1. The molecule has 104 valence electrons. The fourth-order valence-corrected chi connectivity index (χ4v) is 3.59. The van der Waals surface area contributed by atoms with E-state index in [9.17, 15) is 4.79 Å². The summed E-state index contributed by atoms with van der Waals surface area (Å²) < 4.78 is 0. The Labute approximate surface area is 111 Å². The minimum absolute atomic E-state index is 0.342. The lowest BCUT2D eigenvalue weighted by Gasteiger charge is -2.56. The summed E-state index contributed by atoms with van der Waals surface area (Å²) in [5, 5.41) is 8.76. The Balaban J connectivity index is 1.61. The van der Waals surface area contributed by atoms with Gasteiger partial charge in [0, 0.05) is 19.5 Å². The van der Waals surface area contributed by atoms with Crippen LogP contribution in [-0.2, 0) is 4.79 Å². The van der Waals surface area contributed by atoms with Crippen molar-refractivity contribution in [2.45, 2.75) is 58.3 Å². The molecule has 1 atom stereocenters. The van der Waals surface area contributed by atoms with Gasteiger partial charge in [-0.3, -0.25) is 4.79 Å². The van der Waals surface area contributed by atoms with Crippen LogP contribution in [0.5, 0.6) is 0 Å². The number of aliphatic carboxylic acids is 1. The van der Waals surface area contributed by atoms with E-state index >= 15 is 0 Å². The number of hydrogen-bond acceptors (Lipinski definition) is 2. The summed E-state index contributed by atoms with van der Waals surface area (Å²) in [6, 6.07) is 0. The molecule has 2 aliphatic rings. The van der Waals surface area contributed by atoms with Gasteiger partial charge in [0.25, 0.3) is 0 Å². The second-order valence-electron chi connectivity index (χ2n) is 6.44. The van der Waals surface area contributed by atoms with Gasteiger partial charge in [-0.15, -0.1) is 0 Å². The summed E-state index contributed by atoms with van der Waals surface area (Å²) in [4.78, 5) is 13.2. The Morgan fingerprint density at radius 2 is 2.00 bits per heavy atom. The maximum absolute atomic E-state index is 10.6. The first-order valence-corrected chi connectivity index (χ1v) is 7.58. The smallest absolute Gasteiger partial charge is 0.303 e. The molecule has 1 saturated carbocycles. The number of likely N-dealkylation sites (tertiary alicyclic amines) is 1. The van der Waals surface area contributed by atoms with Gasteiger partial charge in [0.1, 0.15) is 0 Å². The highest BCUT2D eigenvalue weighted by Gasteiger charge is 2.46. The average Bonchev–Trinajstić information content (AvgIpc) is 2.21. The van der Waals surface area contributed by atoms with Crippen LogP contribution in [0.4, 0.5) is 0 Å².